The van der Waals surface area contributed by atoms with Crippen molar-refractivity contribution in [1.82, 2.24) is 0 Å². The van der Waals surface area contributed by atoms with Crippen molar-refractivity contribution in [3.05, 3.63) is 195 Å². The number of benzene rings is 5. The van der Waals surface area contributed by atoms with Gasteiger partial charge < -0.3 is 23.7 Å². The average Bonchev–Trinajstić information content (AvgIpc) is 4.04. The van der Waals surface area contributed by atoms with Crippen molar-refractivity contribution in [1.29, 1.82) is 0 Å². The number of thiophene rings is 1. The molecule has 1 aromatic heterocycles. The fourth-order valence-corrected chi connectivity index (χ4v) is 8.77. The molecule has 0 amide bonds. The third-order valence-corrected chi connectivity index (χ3v) is 11.9. The van der Waals surface area contributed by atoms with Crippen LogP contribution in [0.3, 0.4) is 0 Å². The lowest BCUT2D eigenvalue weighted by molar-refractivity contribution is -0.220. The minimum Gasteiger partial charge on any atom is -0.486 e. The maximum Gasteiger partial charge on any atom is 0.134 e. The molecule has 288 valence electrons. The van der Waals surface area contributed by atoms with Gasteiger partial charge in [0.05, 0.1) is 44.0 Å². The topological polar surface area (TPSA) is 46.2 Å². The van der Waals surface area contributed by atoms with E-state index in [4.69, 9.17) is 23.7 Å². The number of ether oxygens (including phenoxy) is 5. The SMILES string of the molecule is Cc1cc(O[C@@H]2C[C@H](COCc3ccccc3)[C@@H](OCc3ccccc3)[C@@H](OCc3ccccc3)[C@H]2OCc2ccccc2)c(Cc2ccc(C3CC3)cc2)s1. The molecule has 56 heavy (non-hydrogen) atoms. The van der Waals surface area contributed by atoms with Crippen molar-refractivity contribution >= 4 is 11.3 Å². The molecule has 6 aromatic rings. The van der Waals surface area contributed by atoms with E-state index in [2.05, 4.69) is 134 Å². The number of hydrogen-bond acceptors (Lipinski definition) is 6. The minimum atomic E-state index is -0.440. The van der Waals surface area contributed by atoms with Crippen LogP contribution in [0.1, 0.15) is 68.3 Å². The maximum absolute atomic E-state index is 7.24. The minimum absolute atomic E-state index is 0.0251. The summed E-state index contributed by atoms with van der Waals surface area (Å²) in [4.78, 5) is 2.45. The molecule has 0 bridgehead atoms. The van der Waals surface area contributed by atoms with Crippen LogP contribution in [-0.4, -0.2) is 31.0 Å². The molecule has 5 aromatic carbocycles. The molecule has 2 aliphatic rings. The molecule has 6 heteroatoms. The first-order chi connectivity index (χ1) is 27.6. The quantitative estimate of drug-likeness (QED) is 0.0872. The Morgan fingerprint density at radius 2 is 1.04 bits per heavy atom. The van der Waals surface area contributed by atoms with Crippen molar-refractivity contribution in [2.75, 3.05) is 6.61 Å². The van der Waals surface area contributed by atoms with Crippen molar-refractivity contribution in [3.8, 4) is 5.75 Å². The van der Waals surface area contributed by atoms with Crippen LogP contribution in [0.4, 0.5) is 0 Å². The van der Waals surface area contributed by atoms with Gasteiger partial charge >= 0.3 is 0 Å². The smallest absolute Gasteiger partial charge is 0.134 e. The van der Waals surface area contributed by atoms with Gasteiger partial charge in [-0.25, -0.2) is 0 Å². The Morgan fingerprint density at radius 1 is 0.536 bits per heavy atom. The fourth-order valence-electron chi connectivity index (χ4n) is 7.77. The van der Waals surface area contributed by atoms with Gasteiger partial charge in [-0.05, 0) is 71.6 Å². The van der Waals surface area contributed by atoms with E-state index in [0.29, 0.717) is 39.5 Å². The first kappa shape index (κ1) is 38.3. The van der Waals surface area contributed by atoms with Crippen LogP contribution >= 0.6 is 11.3 Å². The molecule has 0 N–H and O–H groups in total. The number of rotatable bonds is 18. The van der Waals surface area contributed by atoms with E-state index in [0.717, 1.165) is 40.3 Å². The highest BCUT2D eigenvalue weighted by molar-refractivity contribution is 7.12. The van der Waals surface area contributed by atoms with Crippen molar-refractivity contribution in [3.63, 3.8) is 0 Å². The zero-order valence-corrected chi connectivity index (χ0v) is 33.0. The van der Waals surface area contributed by atoms with Crippen molar-refractivity contribution in [2.24, 2.45) is 5.92 Å². The van der Waals surface area contributed by atoms with E-state index in [1.54, 1.807) is 0 Å². The summed E-state index contributed by atoms with van der Waals surface area (Å²) in [7, 11) is 0. The van der Waals surface area contributed by atoms with E-state index in [9.17, 15) is 0 Å². The molecule has 1 heterocycles. The van der Waals surface area contributed by atoms with Gasteiger partial charge in [0, 0.05) is 17.2 Å². The second-order valence-electron chi connectivity index (χ2n) is 15.3. The van der Waals surface area contributed by atoms with Crippen molar-refractivity contribution in [2.45, 2.75) is 89.4 Å². The van der Waals surface area contributed by atoms with E-state index >= 15 is 0 Å². The third kappa shape index (κ3) is 10.4. The number of aryl methyl sites for hydroxylation is 1. The standard InChI is InChI=1S/C50H52O5S/c1-36-28-45(47(56-36)29-37-22-24-42(25-23-37)43-26-27-43)55-46-30-44(35-51-31-38-14-6-2-7-15-38)48(52-32-39-16-8-3-9-17-39)50(54-34-41-20-12-5-13-21-41)49(46)53-33-40-18-10-4-11-19-40/h2-25,28,43-44,46,48-50H,26-27,29-35H2,1H3/t44-,46-,48-,49+,50-/m1/s1. The Kier molecular flexibility index (Phi) is 13.0. The summed E-state index contributed by atoms with van der Waals surface area (Å²) in [5, 5.41) is 0. The Bertz CT molecular complexity index is 2050. The van der Waals surface area contributed by atoms with E-state index in [1.165, 1.54) is 33.7 Å². The Labute approximate surface area is 336 Å². The fraction of sp³-hybridized carbons (Fsp3) is 0.320. The monoisotopic (exact) mass is 764 g/mol. The third-order valence-electron chi connectivity index (χ3n) is 10.9. The first-order valence-corrected chi connectivity index (χ1v) is 20.9. The second-order valence-corrected chi connectivity index (χ2v) is 16.6. The van der Waals surface area contributed by atoms with Gasteiger partial charge in [0.1, 0.15) is 24.1 Å². The second kappa shape index (κ2) is 19.1. The molecule has 0 saturated heterocycles. The summed E-state index contributed by atoms with van der Waals surface area (Å²) in [5.74, 6) is 1.64. The highest BCUT2D eigenvalue weighted by Gasteiger charge is 2.49. The maximum atomic E-state index is 7.24. The Balaban J connectivity index is 1.11. The molecular formula is C50H52O5S. The predicted molar refractivity (Wildman–Crippen MR) is 224 cm³/mol. The molecule has 0 radical (unpaired) electrons. The first-order valence-electron chi connectivity index (χ1n) is 20.1. The highest BCUT2D eigenvalue weighted by Crippen LogP contribution is 2.41. The zero-order chi connectivity index (χ0) is 37.9. The van der Waals surface area contributed by atoms with Crippen LogP contribution in [0.25, 0.3) is 0 Å². The van der Waals surface area contributed by atoms with Gasteiger partial charge in [0.15, 0.2) is 0 Å². The summed E-state index contributed by atoms with van der Waals surface area (Å²) in [6, 6.07) is 52.9. The molecule has 5 nitrogen and oxygen atoms in total. The van der Waals surface area contributed by atoms with Crippen LogP contribution in [0, 0.1) is 12.8 Å². The Morgan fingerprint density at radius 3 is 1.57 bits per heavy atom. The lowest BCUT2D eigenvalue weighted by atomic mass is 9.80. The molecule has 5 atom stereocenters. The largest absolute Gasteiger partial charge is 0.486 e. The molecule has 8 rings (SSSR count). The predicted octanol–water partition coefficient (Wildman–Crippen LogP) is 11.3. The summed E-state index contributed by atoms with van der Waals surface area (Å²) < 4.78 is 34.7. The molecule has 2 aliphatic carbocycles. The average molecular weight is 765 g/mol. The van der Waals surface area contributed by atoms with Crippen LogP contribution in [0.15, 0.2) is 152 Å². The number of hydrogen-bond donors (Lipinski definition) is 0. The van der Waals surface area contributed by atoms with Crippen LogP contribution in [0.2, 0.25) is 0 Å². The van der Waals surface area contributed by atoms with Gasteiger partial charge in [-0.3, -0.25) is 0 Å². The lowest BCUT2D eigenvalue weighted by Gasteiger charge is -2.46. The summed E-state index contributed by atoms with van der Waals surface area (Å²) >= 11 is 1.81. The molecule has 2 saturated carbocycles. The van der Waals surface area contributed by atoms with E-state index < -0.39 is 12.2 Å². The van der Waals surface area contributed by atoms with Gasteiger partial charge in [0.2, 0.25) is 0 Å². The molecule has 0 unspecified atom stereocenters. The van der Waals surface area contributed by atoms with Crippen molar-refractivity contribution < 1.29 is 23.7 Å². The van der Waals surface area contributed by atoms with Crippen LogP contribution < -0.4 is 4.74 Å². The van der Waals surface area contributed by atoms with Gasteiger partial charge in [-0.15, -0.1) is 11.3 Å². The molecule has 0 spiro atoms. The Hall–Kier alpha value is -4.56. The van der Waals surface area contributed by atoms with E-state index in [1.807, 2.05) is 35.6 Å². The molecular weight excluding hydrogens is 713 g/mol. The van der Waals surface area contributed by atoms with Gasteiger partial charge in [-0.1, -0.05) is 146 Å². The normalized spacial score (nSPS) is 20.8. The van der Waals surface area contributed by atoms with Gasteiger partial charge in [-0.2, -0.15) is 0 Å². The molecule has 0 aliphatic heterocycles. The lowest BCUT2D eigenvalue weighted by Crippen LogP contribution is -2.59. The zero-order valence-electron chi connectivity index (χ0n) is 32.2. The van der Waals surface area contributed by atoms with Crippen LogP contribution in [-0.2, 0) is 51.8 Å². The van der Waals surface area contributed by atoms with Gasteiger partial charge in [0.25, 0.3) is 0 Å². The summed E-state index contributed by atoms with van der Waals surface area (Å²) in [6.45, 7) is 4.49. The summed E-state index contributed by atoms with van der Waals surface area (Å²) in [6.07, 6.45) is 2.63. The summed E-state index contributed by atoms with van der Waals surface area (Å²) in [5.41, 5.74) is 7.21. The molecule has 2 fully saturated rings. The highest BCUT2D eigenvalue weighted by atomic mass is 32.1. The van der Waals surface area contributed by atoms with Crippen LogP contribution in [0.5, 0.6) is 5.75 Å². The van der Waals surface area contributed by atoms with E-state index in [-0.39, 0.29) is 18.1 Å².